The number of nitrogens with one attached hydrogen (secondary N) is 1. The number of nitrogens with zero attached hydrogens (tertiary/aromatic N) is 2. The van der Waals surface area contributed by atoms with Gasteiger partial charge in [0.2, 0.25) is 0 Å². The molecule has 7 heteroatoms. The van der Waals surface area contributed by atoms with Crippen molar-refractivity contribution in [2.45, 2.75) is 6.92 Å². The van der Waals surface area contributed by atoms with Gasteiger partial charge >= 0.3 is 5.97 Å². The van der Waals surface area contributed by atoms with Crippen molar-refractivity contribution in [3.05, 3.63) is 83.9 Å². The number of anilines is 2. The zero-order valence-corrected chi connectivity index (χ0v) is 17.1. The molecule has 0 aliphatic heterocycles. The molecular formula is C23H19N3O3S. The van der Waals surface area contributed by atoms with Crippen molar-refractivity contribution in [2.24, 2.45) is 0 Å². The number of hydrogen-bond donors (Lipinski definition) is 1. The molecule has 2 heterocycles. The number of pyridine rings is 1. The fourth-order valence-corrected chi connectivity index (χ4v) is 3.49. The number of esters is 1. The van der Waals surface area contributed by atoms with Crippen molar-refractivity contribution in [3.63, 3.8) is 0 Å². The van der Waals surface area contributed by atoms with Crippen LogP contribution in [0.3, 0.4) is 0 Å². The second-order valence-electron chi connectivity index (χ2n) is 6.26. The minimum absolute atomic E-state index is 0.430. The Kier molecular flexibility index (Phi) is 6.01. The Balaban J connectivity index is 1.45. The molecule has 4 aromatic rings. The van der Waals surface area contributed by atoms with E-state index in [4.69, 9.17) is 9.47 Å². The van der Waals surface area contributed by atoms with Gasteiger partial charge in [0, 0.05) is 23.3 Å². The molecule has 0 saturated heterocycles. The van der Waals surface area contributed by atoms with E-state index in [0.717, 1.165) is 22.2 Å². The number of aromatic nitrogens is 2. The van der Waals surface area contributed by atoms with Crippen molar-refractivity contribution < 1.29 is 14.3 Å². The highest BCUT2D eigenvalue weighted by Crippen LogP contribution is 2.27. The Morgan fingerprint density at radius 2 is 1.87 bits per heavy atom. The van der Waals surface area contributed by atoms with Gasteiger partial charge in [-0.1, -0.05) is 18.2 Å². The van der Waals surface area contributed by atoms with E-state index in [9.17, 15) is 4.79 Å². The summed E-state index contributed by atoms with van der Waals surface area (Å²) in [5.41, 5.74) is 2.82. The van der Waals surface area contributed by atoms with Crippen LogP contribution in [0.1, 0.15) is 17.3 Å². The molecule has 150 valence electrons. The SMILES string of the molecule is CCOc1cccc(C(=O)Oc2cccc(Nc3nc(-c4ccccn4)cs3)c2)c1. The van der Waals surface area contributed by atoms with Crippen molar-refractivity contribution in [1.29, 1.82) is 0 Å². The third-order valence-electron chi connectivity index (χ3n) is 4.11. The van der Waals surface area contributed by atoms with Crippen LogP contribution in [-0.4, -0.2) is 22.5 Å². The summed E-state index contributed by atoms with van der Waals surface area (Å²) in [4.78, 5) is 21.4. The Morgan fingerprint density at radius 1 is 1.00 bits per heavy atom. The predicted octanol–water partition coefficient (Wildman–Crippen LogP) is 5.57. The molecule has 0 fully saturated rings. The molecule has 0 atom stereocenters. The van der Waals surface area contributed by atoms with Gasteiger partial charge in [-0.2, -0.15) is 0 Å². The van der Waals surface area contributed by atoms with Gasteiger partial charge in [-0.15, -0.1) is 11.3 Å². The van der Waals surface area contributed by atoms with Gasteiger partial charge in [0.15, 0.2) is 5.13 Å². The van der Waals surface area contributed by atoms with Gasteiger partial charge in [-0.25, -0.2) is 9.78 Å². The number of ether oxygens (including phenoxy) is 2. The monoisotopic (exact) mass is 417 g/mol. The third kappa shape index (κ3) is 4.82. The molecule has 0 bridgehead atoms. The highest BCUT2D eigenvalue weighted by molar-refractivity contribution is 7.14. The van der Waals surface area contributed by atoms with Gasteiger partial charge in [0.05, 0.1) is 17.9 Å². The Bertz CT molecular complexity index is 1150. The van der Waals surface area contributed by atoms with Gasteiger partial charge in [0.25, 0.3) is 0 Å². The second kappa shape index (κ2) is 9.19. The maximum Gasteiger partial charge on any atom is 0.343 e. The van der Waals surface area contributed by atoms with Crippen molar-refractivity contribution >= 4 is 28.1 Å². The van der Waals surface area contributed by atoms with E-state index in [2.05, 4.69) is 15.3 Å². The molecule has 4 rings (SSSR count). The Labute approximate surface area is 178 Å². The van der Waals surface area contributed by atoms with Crippen LogP contribution in [-0.2, 0) is 0 Å². The fourth-order valence-electron chi connectivity index (χ4n) is 2.77. The summed E-state index contributed by atoms with van der Waals surface area (Å²) in [6.07, 6.45) is 1.74. The van der Waals surface area contributed by atoms with Crippen LogP contribution < -0.4 is 14.8 Å². The first-order chi connectivity index (χ1) is 14.7. The standard InChI is InChI=1S/C23H19N3O3S/c1-2-28-18-9-5-7-16(13-18)22(27)29-19-10-6-8-17(14-19)25-23-26-21(15-30-23)20-11-3-4-12-24-20/h3-15H,2H2,1H3,(H,25,26). The average Bonchev–Trinajstić information content (AvgIpc) is 3.23. The maximum atomic E-state index is 12.5. The summed E-state index contributed by atoms with van der Waals surface area (Å²) < 4.78 is 11.0. The maximum absolute atomic E-state index is 12.5. The molecule has 2 aromatic heterocycles. The summed E-state index contributed by atoms with van der Waals surface area (Å²) in [5, 5.41) is 5.91. The number of rotatable bonds is 7. The van der Waals surface area contributed by atoms with Gasteiger partial charge in [0.1, 0.15) is 17.2 Å². The smallest absolute Gasteiger partial charge is 0.343 e. The van der Waals surface area contributed by atoms with Crippen LogP contribution in [0.5, 0.6) is 11.5 Å². The molecule has 6 nitrogen and oxygen atoms in total. The predicted molar refractivity (Wildman–Crippen MR) is 118 cm³/mol. The van der Waals surface area contributed by atoms with E-state index < -0.39 is 5.97 Å². The second-order valence-corrected chi connectivity index (χ2v) is 7.11. The van der Waals surface area contributed by atoms with Crippen LogP contribution in [0.4, 0.5) is 10.8 Å². The molecule has 0 aliphatic rings. The van der Waals surface area contributed by atoms with Gasteiger partial charge in [-0.3, -0.25) is 4.98 Å². The van der Waals surface area contributed by atoms with Crippen molar-refractivity contribution in [3.8, 4) is 22.9 Å². The number of hydrogen-bond acceptors (Lipinski definition) is 7. The molecule has 0 aliphatic carbocycles. The fraction of sp³-hybridized carbons (Fsp3) is 0.0870. The quantitative estimate of drug-likeness (QED) is 0.313. The van der Waals surface area contributed by atoms with E-state index in [1.807, 2.05) is 42.6 Å². The van der Waals surface area contributed by atoms with Crippen LogP contribution in [0.2, 0.25) is 0 Å². The first kappa shape index (κ1) is 19.6. The normalized spacial score (nSPS) is 10.4. The van der Waals surface area contributed by atoms with E-state index in [1.54, 1.807) is 42.6 Å². The first-order valence-corrected chi connectivity index (χ1v) is 10.3. The highest BCUT2D eigenvalue weighted by Gasteiger charge is 2.11. The van der Waals surface area contributed by atoms with Crippen LogP contribution in [0.15, 0.2) is 78.3 Å². The number of benzene rings is 2. The minimum Gasteiger partial charge on any atom is -0.494 e. The summed E-state index contributed by atoms with van der Waals surface area (Å²) in [6, 6.07) is 19.8. The number of thiazole rings is 1. The summed E-state index contributed by atoms with van der Waals surface area (Å²) in [5.74, 6) is 0.628. The highest BCUT2D eigenvalue weighted by atomic mass is 32.1. The minimum atomic E-state index is -0.444. The lowest BCUT2D eigenvalue weighted by molar-refractivity contribution is 0.0734. The average molecular weight is 417 g/mol. The summed E-state index contributed by atoms with van der Waals surface area (Å²) in [7, 11) is 0. The van der Waals surface area contributed by atoms with E-state index in [1.165, 1.54) is 11.3 Å². The molecule has 0 amide bonds. The molecule has 2 aromatic carbocycles. The number of carbonyl (C=O) groups excluding carboxylic acids is 1. The van der Waals surface area contributed by atoms with E-state index >= 15 is 0 Å². The lowest BCUT2D eigenvalue weighted by Gasteiger charge is -2.08. The zero-order chi connectivity index (χ0) is 20.8. The topological polar surface area (TPSA) is 73.3 Å². The molecule has 0 radical (unpaired) electrons. The Hall–Kier alpha value is -3.71. The molecule has 30 heavy (non-hydrogen) atoms. The van der Waals surface area contributed by atoms with Gasteiger partial charge < -0.3 is 14.8 Å². The van der Waals surface area contributed by atoms with Crippen molar-refractivity contribution in [1.82, 2.24) is 9.97 Å². The molecule has 0 saturated carbocycles. The lowest BCUT2D eigenvalue weighted by atomic mass is 10.2. The zero-order valence-electron chi connectivity index (χ0n) is 16.2. The molecular weight excluding hydrogens is 398 g/mol. The van der Waals surface area contributed by atoms with Crippen LogP contribution in [0, 0.1) is 0 Å². The number of carbonyl (C=O) groups is 1. The largest absolute Gasteiger partial charge is 0.494 e. The summed E-state index contributed by atoms with van der Waals surface area (Å²) in [6.45, 7) is 2.43. The van der Waals surface area contributed by atoms with Crippen LogP contribution in [0.25, 0.3) is 11.4 Å². The van der Waals surface area contributed by atoms with E-state index in [0.29, 0.717) is 23.7 Å². The van der Waals surface area contributed by atoms with E-state index in [-0.39, 0.29) is 0 Å². The summed E-state index contributed by atoms with van der Waals surface area (Å²) >= 11 is 1.48. The molecule has 0 spiro atoms. The van der Waals surface area contributed by atoms with Gasteiger partial charge in [-0.05, 0) is 49.4 Å². The Morgan fingerprint density at radius 3 is 2.70 bits per heavy atom. The molecule has 0 unspecified atom stereocenters. The van der Waals surface area contributed by atoms with Crippen LogP contribution >= 0.6 is 11.3 Å². The molecule has 1 N–H and O–H groups in total. The third-order valence-corrected chi connectivity index (χ3v) is 4.87. The lowest BCUT2D eigenvalue weighted by Crippen LogP contribution is -2.08. The van der Waals surface area contributed by atoms with Crippen molar-refractivity contribution in [2.75, 3.05) is 11.9 Å². The first-order valence-electron chi connectivity index (χ1n) is 9.40.